The Morgan fingerprint density at radius 3 is 2.54 bits per heavy atom. The summed E-state index contributed by atoms with van der Waals surface area (Å²) in [5.41, 5.74) is 1.04. The summed E-state index contributed by atoms with van der Waals surface area (Å²) in [6, 6.07) is 5.11. The number of piperidine rings is 1. The van der Waals surface area contributed by atoms with Crippen LogP contribution < -0.4 is 10.6 Å². The molecule has 0 radical (unpaired) electrons. The molecule has 12 heteroatoms. The number of amides is 1. The Morgan fingerprint density at radius 1 is 1.07 bits per heavy atom. The molecule has 0 bridgehead atoms. The number of alkyl halides is 4. The van der Waals surface area contributed by atoms with E-state index in [-0.39, 0.29) is 36.8 Å². The maximum atomic E-state index is 14.1. The van der Waals surface area contributed by atoms with Gasteiger partial charge in [0.05, 0.1) is 24.4 Å². The van der Waals surface area contributed by atoms with Crippen LogP contribution in [0.2, 0.25) is 0 Å². The largest absolute Gasteiger partial charge is 0.416 e. The topological polar surface area (TPSA) is 88.6 Å². The molecular weight excluding hydrogens is 542 g/mol. The second kappa shape index (κ2) is 13.0. The third kappa shape index (κ3) is 7.34. The summed E-state index contributed by atoms with van der Waals surface area (Å²) in [6.07, 6.45) is 0.123. The zero-order valence-corrected chi connectivity index (χ0v) is 23.1. The Bertz CT molecular complexity index is 1170. The summed E-state index contributed by atoms with van der Waals surface area (Å²) in [4.78, 5) is 23.7. The lowest BCUT2D eigenvalue weighted by molar-refractivity contribution is -0.137. The molecule has 1 amide bonds. The van der Waals surface area contributed by atoms with Crippen molar-refractivity contribution in [1.29, 1.82) is 0 Å². The van der Waals surface area contributed by atoms with E-state index in [1.54, 1.807) is 4.90 Å². The molecule has 0 spiro atoms. The number of nitrogens with zero attached hydrogens (tertiary/aromatic N) is 3. The van der Waals surface area contributed by atoms with Gasteiger partial charge in [-0.05, 0) is 63.1 Å². The van der Waals surface area contributed by atoms with Gasteiger partial charge in [0.1, 0.15) is 24.0 Å². The Kier molecular flexibility index (Phi) is 9.40. The van der Waals surface area contributed by atoms with Crippen LogP contribution in [0.4, 0.5) is 23.4 Å². The van der Waals surface area contributed by atoms with E-state index in [2.05, 4.69) is 20.6 Å². The molecule has 1 aromatic carbocycles. The van der Waals surface area contributed by atoms with Gasteiger partial charge in [-0.15, -0.1) is 0 Å². The molecule has 4 heterocycles. The first-order valence-electron chi connectivity index (χ1n) is 14.3. The molecule has 3 aliphatic heterocycles. The van der Waals surface area contributed by atoms with E-state index in [0.29, 0.717) is 49.7 Å². The second-order valence-corrected chi connectivity index (χ2v) is 11.1. The third-order valence-corrected chi connectivity index (χ3v) is 8.26. The quantitative estimate of drug-likeness (QED) is 0.454. The van der Waals surface area contributed by atoms with Crippen molar-refractivity contribution in [1.82, 2.24) is 20.2 Å². The van der Waals surface area contributed by atoms with Crippen LogP contribution in [-0.2, 0) is 15.7 Å². The first-order chi connectivity index (χ1) is 19.7. The highest BCUT2D eigenvalue weighted by Gasteiger charge is 2.32. The minimum absolute atomic E-state index is 0.130. The number of anilines is 1. The van der Waals surface area contributed by atoms with Gasteiger partial charge in [-0.1, -0.05) is 12.1 Å². The molecule has 0 saturated carbocycles. The number of hydrogen-bond acceptors (Lipinski definition) is 7. The molecule has 2 aromatic rings. The van der Waals surface area contributed by atoms with Crippen molar-refractivity contribution in [2.45, 2.75) is 82.1 Å². The van der Waals surface area contributed by atoms with Crippen molar-refractivity contribution >= 4 is 11.7 Å². The van der Waals surface area contributed by atoms with Crippen molar-refractivity contribution in [3.8, 4) is 0 Å². The van der Waals surface area contributed by atoms with Crippen molar-refractivity contribution in [3.05, 3.63) is 53.0 Å². The van der Waals surface area contributed by atoms with Crippen LogP contribution in [0.5, 0.6) is 0 Å². The summed E-state index contributed by atoms with van der Waals surface area (Å²) < 4.78 is 64.3. The maximum absolute atomic E-state index is 14.1. The second-order valence-electron chi connectivity index (χ2n) is 11.1. The molecule has 4 atom stereocenters. The van der Waals surface area contributed by atoms with Gasteiger partial charge >= 0.3 is 6.18 Å². The summed E-state index contributed by atoms with van der Waals surface area (Å²) in [7, 11) is 0. The third-order valence-electron chi connectivity index (χ3n) is 8.26. The molecule has 224 valence electrons. The van der Waals surface area contributed by atoms with E-state index in [1.165, 1.54) is 18.5 Å². The van der Waals surface area contributed by atoms with Crippen LogP contribution in [0.3, 0.4) is 0 Å². The van der Waals surface area contributed by atoms with Gasteiger partial charge in [-0.25, -0.2) is 14.4 Å². The molecule has 41 heavy (non-hydrogen) atoms. The zero-order valence-electron chi connectivity index (χ0n) is 23.1. The molecule has 3 saturated heterocycles. The van der Waals surface area contributed by atoms with Crippen LogP contribution >= 0.6 is 0 Å². The highest BCUT2D eigenvalue weighted by molar-refractivity contribution is 5.94. The molecule has 3 unspecified atom stereocenters. The van der Waals surface area contributed by atoms with Gasteiger partial charge in [0.2, 0.25) is 0 Å². The van der Waals surface area contributed by atoms with E-state index in [0.717, 1.165) is 49.8 Å². The Hall–Kier alpha value is -2.83. The smallest absolute Gasteiger partial charge is 0.378 e. The Morgan fingerprint density at radius 2 is 1.83 bits per heavy atom. The number of likely N-dealkylation sites (tertiary alicyclic amines) is 1. The molecule has 5 rings (SSSR count). The van der Waals surface area contributed by atoms with Gasteiger partial charge in [0.15, 0.2) is 0 Å². The van der Waals surface area contributed by atoms with Crippen LogP contribution in [0, 0.1) is 6.92 Å². The van der Waals surface area contributed by atoms with Crippen LogP contribution in [0.15, 0.2) is 30.6 Å². The fourth-order valence-corrected chi connectivity index (χ4v) is 5.83. The number of carbonyl (C=O) groups excluding carboxylic acids is 1. The molecule has 8 nitrogen and oxygen atoms in total. The lowest BCUT2D eigenvalue weighted by atomic mass is 9.97. The lowest BCUT2D eigenvalue weighted by Gasteiger charge is -2.36. The highest BCUT2D eigenvalue weighted by Crippen LogP contribution is 2.34. The predicted molar refractivity (Wildman–Crippen MR) is 144 cm³/mol. The summed E-state index contributed by atoms with van der Waals surface area (Å²) in [5.74, 6) is 0.394. The van der Waals surface area contributed by atoms with E-state index < -0.39 is 17.9 Å². The van der Waals surface area contributed by atoms with Gasteiger partial charge in [0.25, 0.3) is 5.91 Å². The van der Waals surface area contributed by atoms with E-state index in [9.17, 15) is 22.4 Å². The zero-order chi connectivity index (χ0) is 29.0. The molecule has 3 aliphatic rings. The fraction of sp³-hybridized carbons (Fsp3) is 0.621. The van der Waals surface area contributed by atoms with Crippen molar-refractivity contribution in [3.63, 3.8) is 0 Å². The van der Waals surface area contributed by atoms with Crippen molar-refractivity contribution in [2.75, 3.05) is 38.2 Å². The summed E-state index contributed by atoms with van der Waals surface area (Å²) in [5, 5.41) is 6.70. The summed E-state index contributed by atoms with van der Waals surface area (Å²) >= 11 is 0. The normalized spacial score (nSPS) is 26.1. The predicted octanol–water partition coefficient (Wildman–Crippen LogP) is 4.85. The molecule has 2 N–H and O–H groups in total. The lowest BCUT2D eigenvalue weighted by Crippen LogP contribution is -2.52. The van der Waals surface area contributed by atoms with Gasteiger partial charge in [-0.3, -0.25) is 4.79 Å². The SMILES string of the molecule is Cc1c(NCC2CCC[C@@H](c3ccc(C(F)(F)F)cc3)O2)ncnc1C(=O)N1CCC(NC2CCOCC2F)CC1. The number of aromatic nitrogens is 2. The fourth-order valence-electron chi connectivity index (χ4n) is 5.83. The van der Waals surface area contributed by atoms with Gasteiger partial charge < -0.3 is 25.0 Å². The average molecular weight is 580 g/mol. The van der Waals surface area contributed by atoms with Crippen molar-refractivity contribution in [2.24, 2.45) is 0 Å². The van der Waals surface area contributed by atoms with Gasteiger partial charge in [0, 0.05) is 43.9 Å². The van der Waals surface area contributed by atoms with E-state index in [4.69, 9.17) is 9.47 Å². The number of hydrogen-bond donors (Lipinski definition) is 2. The molecular formula is C29H37F4N5O3. The first kappa shape index (κ1) is 29.7. The number of benzene rings is 1. The molecule has 1 aromatic heterocycles. The minimum Gasteiger partial charge on any atom is -0.378 e. The molecule has 3 fully saturated rings. The van der Waals surface area contributed by atoms with Crippen LogP contribution in [0.1, 0.15) is 71.8 Å². The number of ether oxygens (including phenoxy) is 2. The summed E-state index contributed by atoms with van der Waals surface area (Å²) in [6.45, 7) is 4.06. The van der Waals surface area contributed by atoms with Gasteiger partial charge in [-0.2, -0.15) is 13.2 Å². The monoisotopic (exact) mass is 579 g/mol. The number of halogens is 4. The van der Waals surface area contributed by atoms with E-state index >= 15 is 0 Å². The highest BCUT2D eigenvalue weighted by atomic mass is 19.4. The van der Waals surface area contributed by atoms with Crippen LogP contribution in [0.25, 0.3) is 0 Å². The maximum Gasteiger partial charge on any atom is 0.416 e. The molecule has 0 aliphatic carbocycles. The number of nitrogens with one attached hydrogen (secondary N) is 2. The van der Waals surface area contributed by atoms with Crippen LogP contribution in [-0.4, -0.2) is 78.0 Å². The minimum atomic E-state index is -4.37. The van der Waals surface area contributed by atoms with Crippen molar-refractivity contribution < 1.29 is 31.8 Å². The number of carbonyl (C=O) groups is 1. The Balaban J connectivity index is 1.13. The standard InChI is InChI=1S/C29H37F4N5O3/c1-18-26(28(39)38-12-9-21(10-13-38)37-24-11-14-40-16-23(24)30)35-17-36-27(18)34-15-22-3-2-4-25(41-22)19-5-7-20(8-6-19)29(31,32)33/h5-8,17,21-25,37H,2-4,9-16H2,1H3,(H,34,35,36)/t22?,23?,24?,25-/m0/s1. The van der Waals surface area contributed by atoms with E-state index in [1.807, 2.05) is 6.92 Å². The Labute approximate surface area is 237 Å². The number of rotatable bonds is 7. The average Bonchev–Trinajstić information content (AvgIpc) is 2.98. The first-order valence-corrected chi connectivity index (χ1v) is 14.3.